The summed E-state index contributed by atoms with van der Waals surface area (Å²) in [5.41, 5.74) is 0.289. The maximum absolute atomic E-state index is 13.5. The number of carbonyl (C=O) groups is 2. The third-order valence-corrected chi connectivity index (χ3v) is 7.08. The molecule has 1 saturated heterocycles. The summed E-state index contributed by atoms with van der Waals surface area (Å²) >= 11 is 0. The van der Waals surface area contributed by atoms with Gasteiger partial charge in [0, 0.05) is 42.1 Å². The van der Waals surface area contributed by atoms with Crippen molar-refractivity contribution >= 4 is 17.3 Å². The highest BCUT2D eigenvalue weighted by molar-refractivity contribution is 6.31. The lowest BCUT2D eigenvalue weighted by molar-refractivity contribution is 0.0967. The molecule has 1 fully saturated rings. The first-order chi connectivity index (χ1) is 15.3. The average molecular weight is 434 g/mol. The molecule has 164 valence electrons. The fourth-order valence-corrected chi connectivity index (χ4v) is 5.60. The molecule has 0 radical (unpaired) electrons. The largest absolute Gasteiger partial charge is 0.507 e. The summed E-state index contributed by atoms with van der Waals surface area (Å²) in [6.45, 7) is 6.13. The van der Waals surface area contributed by atoms with Gasteiger partial charge in [-0.1, -0.05) is 23.4 Å². The van der Waals surface area contributed by atoms with Crippen LogP contribution in [0.5, 0.6) is 17.2 Å². The molecule has 2 bridgehead atoms. The number of rotatable bonds is 3. The third kappa shape index (κ3) is 2.27. The molecule has 5 rings (SSSR count). The van der Waals surface area contributed by atoms with Crippen molar-refractivity contribution in [2.24, 2.45) is 5.16 Å². The molecular formula is C24H22N2O6. The summed E-state index contributed by atoms with van der Waals surface area (Å²) in [6.07, 6.45) is 2.22. The Labute approximate surface area is 184 Å². The number of ketones is 2. The van der Waals surface area contributed by atoms with E-state index in [-0.39, 0.29) is 45.9 Å². The molecule has 0 aromatic heterocycles. The zero-order chi connectivity index (χ0) is 22.9. The van der Waals surface area contributed by atoms with Crippen molar-refractivity contribution in [2.45, 2.75) is 31.3 Å². The van der Waals surface area contributed by atoms with Crippen LogP contribution in [0.4, 0.5) is 0 Å². The highest BCUT2D eigenvalue weighted by Crippen LogP contribution is 2.56. The Kier molecular flexibility index (Phi) is 4.22. The second-order valence-electron chi connectivity index (χ2n) is 8.54. The van der Waals surface area contributed by atoms with Crippen LogP contribution in [0, 0.1) is 0 Å². The molecule has 0 spiro atoms. The molecule has 0 saturated carbocycles. The number of benzene rings is 2. The second-order valence-corrected chi connectivity index (χ2v) is 8.54. The van der Waals surface area contributed by atoms with Crippen molar-refractivity contribution in [2.75, 3.05) is 13.7 Å². The molecule has 3 aliphatic rings. The predicted molar refractivity (Wildman–Crippen MR) is 115 cm³/mol. The molecule has 2 aromatic carbocycles. The highest BCUT2D eigenvalue weighted by atomic mass is 16.5. The lowest BCUT2D eigenvalue weighted by Gasteiger charge is -2.43. The predicted octanol–water partition coefficient (Wildman–Crippen LogP) is 2.96. The highest BCUT2D eigenvalue weighted by Gasteiger charge is 2.55. The number of nitrogens with zero attached hydrogens (tertiary/aromatic N) is 2. The molecule has 32 heavy (non-hydrogen) atoms. The van der Waals surface area contributed by atoms with Crippen LogP contribution >= 0.6 is 0 Å². The zero-order valence-corrected chi connectivity index (χ0v) is 17.7. The van der Waals surface area contributed by atoms with Crippen LogP contribution in [0.15, 0.2) is 36.0 Å². The first-order valence-corrected chi connectivity index (χ1v) is 10.3. The SMILES string of the molecule is C=CCN1C2C/C(=N\O)C1(C)Cc1c(O)c3c(c(O)c12)C(=O)c1c(OC)cccc1C3=O. The van der Waals surface area contributed by atoms with Gasteiger partial charge in [-0.2, -0.15) is 0 Å². The molecule has 2 aromatic rings. The van der Waals surface area contributed by atoms with Crippen LogP contribution in [-0.4, -0.2) is 56.8 Å². The van der Waals surface area contributed by atoms with Gasteiger partial charge in [0.25, 0.3) is 0 Å². The standard InChI is InChI=1S/C24H22N2O6/c1-4-8-26-13-9-15(25-31)24(26,2)10-12-16(13)22(29)19-18(21(12)28)20(27)11-6-5-7-14(32-3)17(11)23(19)30/h4-7,13,28-29,31H,1,8-10H2,2-3H3/b25-15+. The van der Waals surface area contributed by atoms with E-state index < -0.39 is 23.1 Å². The first kappa shape index (κ1) is 20.3. The number of oxime groups is 1. The summed E-state index contributed by atoms with van der Waals surface area (Å²) in [7, 11) is 1.40. The van der Waals surface area contributed by atoms with Gasteiger partial charge in [-0.15, -0.1) is 6.58 Å². The van der Waals surface area contributed by atoms with Crippen molar-refractivity contribution < 1.29 is 29.7 Å². The normalized spacial score (nSPS) is 24.8. The maximum Gasteiger partial charge on any atom is 0.202 e. The van der Waals surface area contributed by atoms with Crippen LogP contribution < -0.4 is 4.74 Å². The lowest BCUT2D eigenvalue weighted by atomic mass is 9.76. The van der Waals surface area contributed by atoms with Gasteiger partial charge < -0.3 is 20.2 Å². The summed E-state index contributed by atoms with van der Waals surface area (Å²) in [6, 6.07) is 4.22. The van der Waals surface area contributed by atoms with Gasteiger partial charge in [-0.25, -0.2) is 0 Å². The second kappa shape index (κ2) is 6.67. The Hall–Kier alpha value is -3.65. The van der Waals surface area contributed by atoms with E-state index in [9.17, 15) is 25.0 Å². The number of hydrogen-bond donors (Lipinski definition) is 3. The number of hydrogen-bond acceptors (Lipinski definition) is 8. The van der Waals surface area contributed by atoms with Gasteiger partial charge in [0.05, 0.1) is 35.1 Å². The summed E-state index contributed by atoms with van der Waals surface area (Å²) in [4.78, 5) is 28.9. The van der Waals surface area contributed by atoms with E-state index >= 15 is 0 Å². The van der Waals surface area contributed by atoms with Crippen LogP contribution in [0.25, 0.3) is 0 Å². The molecular weight excluding hydrogens is 412 g/mol. The molecule has 0 amide bonds. The Bertz CT molecular complexity index is 1260. The monoisotopic (exact) mass is 434 g/mol. The van der Waals surface area contributed by atoms with Gasteiger partial charge in [-0.05, 0) is 13.0 Å². The minimum atomic E-state index is -0.735. The number of phenolic OH excluding ortho intramolecular Hbond substituents is 2. The summed E-state index contributed by atoms with van der Waals surface area (Å²) in [5.74, 6) is -1.55. The minimum absolute atomic E-state index is 0.0646. The Morgan fingerprint density at radius 2 is 1.94 bits per heavy atom. The first-order valence-electron chi connectivity index (χ1n) is 10.3. The Balaban J connectivity index is 1.81. The minimum Gasteiger partial charge on any atom is -0.507 e. The number of methoxy groups -OCH3 is 1. The molecule has 3 N–H and O–H groups in total. The van der Waals surface area contributed by atoms with Gasteiger partial charge in [0.1, 0.15) is 17.2 Å². The van der Waals surface area contributed by atoms with Crippen molar-refractivity contribution in [3.8, 4) is 17.2 Å². The van der Waals surface area contributed by atoms with E-state index in [1.165, 1.54) is 13.2 Å². The molecule has 8 heteroatoms. The smallest absolute Gasteiger partial charge is 0.202 e. The van der Waals surface area contributed by atoms with Gasteiger partial charge in [0.2, 0.25) is 5.78 Å². The van der Waals surface area contributed by atoms with Gasteiger partial charge >= 0.3 is 0 Å². The van der Waals surface area contributed by atoms with Crippen molar-refractivity contribution in [3.05, 3.63) is 64.2 Å². The number of phenols is 2. The average Bonchev–Trinajstić information content (AvgIpc) is 2.96. The summed E-state index contributed by atoms with van der Waals surface area (Å²) in [5, 5.41) is 35.7. The van der Waals surface area contributed by atoms with Crippen LogP contribution in [-0.2, 0) is 6.42 Å². The molecule has 2 aliphatic heterocycles. The van der Waals surface area contributed by atoms with Crippen molar-refractivity contribution in [3.63, 3.8) is 0 Å². The Morgan fingerprint density at radius 1 is 1.22 bits per heavy atom. The molecule has 2 heterocycles. The topological polar surface area (TPSA) is 120 Å². The van der Waals surface area contributed by atoms with E-state index in [0.717, 1.165) is 0 Å². The van der Waals surface area contributed by atoms with Gasteiger partial charge in [-0.3, -0.25) is 14.5 Å². The van der Waals surface area contributed by atoms with E-state index in [4.69, 9.17) is 4.74 Å². The summed E-state index contributed by atoms with van der Waals surface area (Å²) < 4.78 is 5.29. The Morgan fingerprint density at radius 3 is 2.59 bits per heavy atom. The molecule has 1 aliphatic carbocycles. The quantitative estimate of drug-likeness (QED) is 0.251. The fourth-order valence-electron chi connectivity index (χ4n) is 5.60. The maximum atomic E-state index is 13.5. The molecule has 2 unspecified atom stereocenters. The van der Waals surface area contributed by atoms with Crippen molar-refractivity contribution in [1.82, 2.24) is 4.90 Å². The van der Waals surface area contributed by atoms with E-state index in [1.54, 1.807) is 18.2 Å². The number of ether oxygens (including phenoxy) is 1. The molecule has 8 nitrogen and oxygen atoms in total. The van der Waals surface area contributed by atoms with Crippen molar-refractivity contribution in [1.29, 1.82) is 0 Å². The molecule has 2 atom stereocenters. The number of carbonyl (C=O) groups excluding carboxylic acids is 2. The third-order valence-electron chi connectivity index (χ3n) is 7.08. The van der Waals surface area contributed by atoms with Crippen LogP contribution in [0.3, 0.4) is 0 Å². The van der Waals surface area contributed by atoms with E-state index in [1.807, 2.05) is 11.8 Å². The number of fused-ring (bicyclic) bond motifs is 6. The van der Waals surface area contributed by atoms with Crippen LogP contribution in [0.2, 0.25) is 0 Å². The van der Waals surface area contributed by atoms with E-state index in [0.29, 0.717) is 29.8 Å². The fraction of sp³-hybridized carbons (Fsp3) is 0.292. The van der Waals surface area contributed by atoms with Crippen LogP contribution in [0.1, 0.15) is 62.4 Å². The van der Waals surface area contributed by atoms with E-state index in [2.05, 4.69) is 11.7 Å². The number of aromatic hydroxyl groups is 2. The lowest BCUT2D eigenvalue weighted by Crippen LogP contribution is -2.51. The zero-order valence-electron chi connectivity index (χ0n) is 17.7. The van der Waals surface area contributed by atoms with Gasteiger partial charge in [0.15, 0.2) is 5.78 Å².